The molecule has 0 saturated carbocycles. The number of amides is 1. The predicted molar refractivity (Wildman–Crippen MR) is 103 cm³/mol. The lowest BCUT2D eigenvalue weighted by Gasteiger charge is -2.45. The number of ether oxygens (including phenoxy) is 1. The smallest absolute Gasteiger partial charge is 0.265 e. The summed E-state index contributed by atoms with van der Waals surface area (Å²) in [5, 5.41) is 0. The summed E-state index contributed by atoms with van der Waals surface area (Å²) in [5.41, 5.74) is 2.16. The van der Waals surface area contributed by atoms with E-state index in [2.05, 4.69) is 12.1 Å². The van der Waals surface area contributed by atoms with Gasteiger partial charge in [-0.15, -0.1) is 0 Å². The van der Waals surface area contributed by atoms with E-state index in [9.17, 15) is 4.79 Å². The Hall–Kier alpha value is -2.56. The highest BCUT2D eigenvalue weighted by molar-refractivity contribution is 7.97. The molecule has 3 aromatic rings. The fraction of sp³-hybridized carbons (Fsp3) is 0.136. The highest BCUT2D eigenvalue weighted by atomic mass is 32.2. The van der Waals surface area contributed by atoms with Gasteiger partial charge in [0.2, 0.25) is 0 Å². The number of carbonyl (C=O) groups is 1. The molecule has 130 valence electrons. The highest BCUT2D eigenvalue weighted by Gasteiger charge is 2.50. The molecule has 4 rings (SSSR count). The van der Waals surface area contributed by atoms with Gasteiger partial charge in [0.1, 0.15) is 6.04 Å². The van der Waals surface area contributed by atoms with E-state index in [1.54, 1.807) is 0 Å². The largest absolute Gasteiger partial charge is 0.361 e. The second kappa shape index (κ2) is 7.77. The first-order valence-corrected chi connectivity index (χ1v) is 9.37. The number of carbonyl (C=O) groups excluding carboxylic acids is 1. The van der Waals surface area contributed by atoms with Gasteiger partial charge in [0, 0.05) is 4.90 Å². The summed E-state index contributed by atoms with van der Waals surface area (Å²) >= 11 is 1.47. The first-order chi connectivity index (χ1) is 12.8. The van der Waals surface area contributed by atoms with Crippen molar-refractivity contribution in [1.29, 1.82) is 0 Å². The van der Waals surface area contributed by atoms with Crippen molar-refractivity contribution in [1.82, 2.24) is 4.31 Å². The fourth-order valence-electron chi connectivity index (χ4n) is 3.02. The minimum Gasteiger partial charge on any atom is -0.361 e. The molecule has 1 heterocycles. The van der Waals surface area contributed by atoms with Gasteiger partial charge in [0.05, 0.1) is 6.61 Å². The molecule has 4 heteroatoms. The number of nitrogens with zero attached hydrogens (tertiary/aromatic N) is 1. The van der Waals surface area contributed by atoms with Gasteiger partial charge in [-0.3, -0.25) is 9.10 Å². The zero-order valence-corrected chi connectivity index (χ0v) is 15.0. The Bertz CT molecular complexity index is 855. The average molecular weight is 361 g/mol. The molecule has 1 fully saturated rings. The monoisotopic (exact) mass is 361 g/mol. The first-order valence-electron chi connectivity index (χ1n) is 8.59. The Morgan fingerprint density at radius 2 is 1.38 bits per heavy atom. The van der Waals surface area contributed by atoms with Crippen molar-refractivity contribution in [2.45, 2.75) is 23.6 Å². The number of hydrogen-bond acceptors (Lipinski definition) is 3. The zero-order chi connectivity index (χ0) is 17.8. The third-order valence-electron chi connectivity index (χ3n) is 4.36. The average Bonchev–Trinajstić information content (AvgIpc) is 2.71. The molecule has 2 atom stereocenters. The van der Waals surface area contributed by atoms with Crippen LogP contribution >= 0.6 is 11.9 Å². The Kier molecular flexibility index (Phi) is 5.04. The number of rotatable bonds is 6. The van der Waals surface area contributed by atoms with Crippen molar-refractivity contribution in [2.24, 2.45) is 0 Å². The third-order valence-corrected chi connectivity index (χ3v) is 5.45. The zero-order valence-electron chi connectivity index (χ0n) is 14.2. The molecule has 0 bridgehead atoms. The molecule has 26 heavy (non-hydrogen) atoms. The van der Waals surface area contributed by atoms with Crippen LogP contribution in [0.4, 0.5) is 0 Å². The van der Waals surface area contributed by atoms with Gasteiger partial charge in [-0.1, -0.05) is 78.9 Å². The van der Waals surface area contributed by atoms with Crippen LogP contribution in [0.2, 0.25) is 0 Å². The minimum absolute atomic E-state index is 0.0173. The molecule has 3 aromatic carbocycles. The maximum Gasteiger partial charge on any atom is 0.265 e. The molecule has 1 saturated heterocycles. The van der Waals surface area contributed by atoms with Crippen molar-refractivity contribution in [2.75, 3.05) is 0 Å². The van der Waals surface area contributed by atoms with E-state index in [0.717, 1.165) is 16.0 Å². The van der Waals surface area contributed by atoms with Gasteiger partial charge >= 0.3 is 0 Å². The molecule has 0 N–H and O–H groups in total. The SMILES string of the molecule is O=C1C(OCc2ccccc2)C(c2ccccc2)N1Sc1ccccc1. The fourth-order valence-corrected chi connectivity index (χ4v) is 4.06. The van der Waals surface area contributed by atoms with Crippen LogP contribution in [0, 0.1) is 0 Å². The normalized spacial score (nSPS) is 19.2. The van der Waals surface area contributed by atoms with Gasteiger partial charge in [-0.25, -0.2) is 0 Å². The van der Waals surface area contributed by atoms with E-state index >= 15 is 0 Å². The molecule has 3 nitrogen and oxygen atoms in total. The first kappa shape index (κ1) is 16.9. The summed E-state index contributed by atoms with van der Waals surface area (Å²) < 4.78 is 7.83. The van der Waals surface area contributed by atoms with Crippen molar-refractivity contribution >= 4 is 17.9 Å². The summed E-state index contributed by atoms with van der Waals surface area (Å²) in [4.78, 5) is 13.8. The van der Waals surface area contributed by atoms with Crippen LogP contribution in [0.15, 0.2) is 95.9 Å². The van der Waals surface area contributed by atoms with Gasteiger partial charge in [-0.05, 0) is 35.2 Å². The molecular weight excluding hydrogens is 342 g/mol. The van der Waals surface area contributed by atoms with Crippen molar-refractivity contribution in [3.63, 3.8) is 0 Å². The van der Waals surface area contributed by atoms with Gasteiger partial charge < -0.3 is 4.74 Å². The molecule has 1 amide bonds. The van der Waals surface area contributed by atoms with Crippen LogP contribution in [-0.4, -0.2) is 16.3 Å². The topological polar surface area (TPSA) is 29.5 Å². The minimum atomic E-state index is -0.450. The van der Waals surface area contributed by atoms with Crippen LogP contribution in [0.5, 0.6) is 0 Å². The molecule has 0 aromatic heterocycles. The Morgan fingerprint density at radius 3 is 2.04 bits per heavy atom. The van der Waals surface area contributed by atoms with Crippen molar-refractivity contribution in [3.8, 4) is 0 Å². The van der Waals surface area contributed by atoms with Gasteiger partial charge in [0.25, 0.3) is 5.91 Å². The maximum atomic E-state index is 12.8. The lowest BCUT2D eigenvalue weighted by molar-refractivity contribution is -0.163. The van der Waals surface area contributed by atoms with Crippen LogP contribution in [0.1, 0.15) is 17.2 Å². The number of β-lactam (4-membered cyclic amide) rings is 1. The summed E-state index contributed by atoms with van der Waals surface area (Å²) in [7, 11) is 0. The van der Waals surface area contributed by atoms with E-state index < -0.39 is 6.10 Å². The third kappa shape index (κ3) is 3.52. The lowest BCUT2D eigenvalue weighted by atomic mass is 9.94. The Balaban J connectivity index is 1.53. The van der Waals surface area contributed by atoms with Crippen molar-refractivity contribution in [3.05, 3.63) is 102 Å². The quantitative estimate of drug-likeness (QED) is 0.464. The predicted octanol–water partition coefficient (Wildman–Crippen LogP) is 4.86. The van der Waals surface area contributed by atoms with E-state index in [1.807, 2.05) is 83.2 Å². The molecule has 0 spiro atoms. The van der Waals surface area contributed by atoms with E-state index in [0.29, 0.717) is 6.61 Å². The van der Waals surface area contributed by atoms with E-state index in [4.69, 9.17) is 4.74 Å². The van der Waals surface area contributed by atoms with Crippen LogP contribution < -0.4 is 0 Å². The Labute approximate surface area is 157 Å². The Morgan fingerprint density at radius 1 is 0.808 bits per heavy atom. The molecular formula is C22H19NO2S. The molecule has 0 radical (unpaired) electrons. The molecule has 0 aliphatic carbocycles. The molecule has 2 unspecified atom stereocenters. The van der Waals surface area contributed by atoms with E-state index in [1.165, 1.54) is 11.9 Å². The second-order valence-corrected chi connectivity index (χ2v) is 7.19. The van der Waals surface area contributed by atoms with E-state index in [-0.39, 0.29) is 11.9 Å². The van der Waals surface area contributed by atoms with Crippen molar-refractivity contribution < 1.29 is 9.53 Å². The van der Waals surface area contributed by atoms with Gasteiger partial charge in [0.15, 0.2) is 6.10 Å². The van der Waals surface area contributed by atoms with Gasteiger partial charge in [-0.2, -0.15) is 0 Å². The summed E-state index contributed by atoms with van der Waals surface area (Å²) in [6.45, 7) is 0.435. The number of benzene rings is 3. The highest BCUT2D eigenvalue weighted by Crippen LogP contribution is 2.44. The van der Waals surface area contributed by atoms with Crippen LogP contribution in [0.25, 0.3) is 0 Å². The summed E-state index contributed by atoms with van der Waals surface area (Å²) in [6.07, 6.45) is -0.450. The number of hydrogen-bond donors (Lipinski definition) is 0. The summed E-state index contributed by atoms with van der Waals surface area (Å²) in [6, 6.07) is 29.9. The summed E-state index contributed by atoms with van der Waals surface area (Å²) in [5.74, 6) is 0.0173. The second-order valence-electron chi connectivity index (χ2n) is 6.14. The standard InChI is InChI=1S/C22H19NO2S/c24-22-21(25-16-17-10-4-1-5-11-17)20(18-12-6-2-7-13-18)23(22)26-19-14-8-3-9-15-19/h1-15,20-21H,16H2. The van der Waals surface area contributed by atoms with Crippen LogP contribution in [0.3, 0.4) is 0 Å². The van der Waals surface area contributed by atoms with Crippen LogP contribution in [-0.2, 0) is 16.1 Å². The lowest BCUT2D eigenvalue weighted by Crippen LogP contribution is -2.56. The molecule has 1 aliphatic heterocycles. The molecule has 1 aliphatic rings. The maximum absolute atomic E-state index is 12.8.